The highest BCUT2D eigenvalue weighted by atomic mass is 35.5. The molecule has 2 unspecified atom stereocenters. The van der Waals surface area contributed by atoms with E-state index in [1.807, 2.05) is 26.2 Å². The van der Waals surface area contributed by atoms with Crippen LogP contribution < -0.4 is 0 Å². The molecular formula is C12H15Cl2N5. The molecule has 1 aromatic heterocycles. The molecule has 0 aliphatic rings. The smallest absolute Gasteiger partial charge is 0.183 e. The minimum Gasteiger partial charge on any atom is -0.306 e. The highest BCUT2D eigenvalue weighted by molar-refractivity contribution is 6.35. The van der Waals surface area contributed by atoms with Crippen LogP contribution in [0.3, 0.4) is 0 Å². The van der Waals surface area contributed by atoms with Crippen molar-refractivity contribution in [2.75, 3.05) is 14.1 Å². The maximum Gasteiger partial charge on any atom is 0.183 e. The third kappa shape index (κ3) is 3.05. The lowest BCUT2D eigenvalue weighted by molar-refractivity contribution is 0.284. The number of halogens is 2. The third-order valence-corrected chi connectivity index (χ3v) is 3.80. The number of hydrogen-bond donors (Lipinski definition) is 1. The topological polar surface area (TPSA) is 57.7 Å². The Morgan fingerprint density at radius 3 is 2.53 bits per heavy atom. The van der Waals surface area contributed by atoms with E-state index in [1.54, 1.807) is 6.07 Å². The molecule has 102 valence electrons. The van der Waals surface area contributed by atoms with E-state index >= 15 is 0 Å². The summed E-state index contributed by atoms with van der Waals surface area (Å²) in [7, 11) is 4.00. The molecule has 2 aromatic rings. The zero-order chi connectivity index (χ0) is 14.0. The second kappa shape index (κ2) is 5.86. The average molecular weight is 300 g/mol. The van der Waals surface area contributed by atoms with E-state index in [0.29, 0.717) is 15.9 Å². The van der Waals surface area contributed by atoms with E-state index in [0.717, 1.165) is 5.56 Å². The van der Waals surface area contributed by atoms with Crippen molar-refractivity contribution in [1.82, 2.24) is 25.5 Å². The Bertz CT molecular complexity index is 541. The molecule has 0 saturated carbocycles. The summed E-state index contributed by atoms with van der Waals surface area (Å²) >= 11 is 12.2. The van der Waals surface area contributed by atoms with Gasteiger partial charge in [0.15, 0.2) is 5.82 Å². The highest BCUT2D eigenvalue weighted by Gasteiger charge is 2.28. The van der Waals surface area contributed by atoms with Crippen LogP contribution in [0.2, 0.25) is 10.0 Å². The van der Waals surface area contributed by atoms with Crippen LogP contribution in [-0.2, 0) is 0 Å². The molecule has 0 fully saturated rings. The fraction of sp³-hybridized carbons (Fsp3) is 0.417. The number of tetrazole rings is 1. The summed E-state index contributed by atoms with van der Waals surface area (Å²) in [4.78, 5) is 2.09. The number of benzene rings is 1. The van der Waals surface area contributed by atoms with E-state index in [2.05, 4.69) is 32.4 Å². The quantitative estimate of drug-likeness (QED) is 0.943. The van der Waals surface area contributed by atoms with Crippen LogP contribution in [0, 0.1) is 0 Å². The molecule has 0 spiro atoms. The van der Waals surface area contributed by atoms with Crippen LogP contribution in [0.15, 0.2) is 18.2 Å². The van der Waals surface area contributed by atoms with Crippen molar-refractivity contribution in [2.24, 2.45) is 0 Å². The van der Waals surface area contributed by atoms with E-state index in [1.165, 1.54) is 0 Å². The first-order valence-electron chi connectivity index (χ1n) is 5.85. The first-order valence-corrected chi connectivity index (χ1v) is 6.61. The Morgan fingerprint density at radius 2 is 2.00 bits per heavy atom. The minimum atomic E-state index is -0.0708. The molecule has 19 heavy (non-hydrogen) atoms. The van der Waals surface area contributed by atoms with Crippen molar-refractivity contribution in [3.8, 4) is 0 Å². The number of rotatable bonds is 4. The Balaban J connectivity index is 2.48. The predicted octanol–water partition coefficient (Wildman–Crippen LogP) is 2.59. The van der Waals surface area contributed by atoms with E-state index in [-0.39, 0.29) is 12.0 Å². The Labute approximate surface area is 121 Å². The zero-order valence-electron chi connectivity index (χ0n) is 10.9. The molecule has 0 aliphatic heterocycles. The number of H-pyrrole nitrogens is 1. The number of hydrogen-bond acceptors (Lipinski definition) is 4. The second-order valence-electron chi connectivity index (χ2n) is 4.62. The SMILES string of the molecule is CC(C(c1nn[nH]n1)c1ccc(Cl)cc1Cl)N(C)C. The summed E-state index contributed by atoms with van der Waals surface area (Å²) in [6.45, 7) is 2.09. The number of nitrogens with zero attached hydrogens (tertiary/aromatic N) is 4. The van der Waals surface area contributed by atoms with Crippen LogP contribution in [0.4, 0.5) is 0 Å². The van der Waals surface area contributed by atoms with Gasteiger partial charge in [-0.05, 0) is 38.7 Å². The van der Waals surface area contributed by atoms with Gasteiger partial charge >= 0.3 is 0 Å². The van der Waals surface area contributed by atoms with Gasteiger partial charge in [-0.15, -0.1) is 10.2 Å². The van der Waals surface area contributed by atoms with Crippen molar-refractivity contribution in [3.63, 3.8) is 0 Å². The average Bonchev–Trinajstić information content (AvgIpc) is 2.85. The first-order chi connectivity index (χ1) is 9.00. The Hall–Kier alpha value is -1.17. The van der Waals surface area contributed by atoms with E-state index < -0.39 is 0 Å². The van der Waals surface area contributed by atoms with E-state index in [4.69, 9.17) is 23.2 Å². The fourth-order valence-electron chi connectivity index (χ4n) is 1.97. The van der Waals surface area contributed by atoms with Crippen LogP contribution in [0.5, 0.6) is 0 Å². The molecule has 7 heteroatoms. The van der Waals surface area contributed by atoms with Crippen LogP contribution in [-0.4, -0.2) is 45.7 Å². The monoisotopic (exact) mass is 299 g/mol. The molecule has 2 atom stereocenters. The molecule has 5 nitrogen and oxygen atoms in total. The maximum absolute atomic E-state index is 6.30. The summed E-state index contributed by atoms with van der Waals surface area (Å²) < 4.78 is 0. The molecule has 0 saturated heterocycles. The standard InChI is InChI=1S/C12H15Cl2N5/c1-7(19(2)3)11(12-15-17-18-16-12)9-5-4-8(13)6-10(9)14/h4-7,11H,1-3H3,(H,15,16,17,18). The lowest BCUT2D eigenvalue weighted by Crippen LogP contribution is -2.32. The lowest BCUT2D eigenvalue weighted by Gasteiger charge is -2.28. The van der Waals surface area contributed by atoms with Gasteiger partial charge in [0, 0.05) is 16.1 Å². The summed E-state index contributed by atoms with van der Waals surface area (Å²) in [5, 5.41) is 15.5. The fourth-order valence-corrected chi connectivity index (χ4v) is 2.49. The summed E-state index contributed by atoms with van der Waals surface area (Å²) in [6, 6.07) is 5.62. The molecule has 0 aliphatic carbocycles. The summed E-state index contributed by atoms with van der Waals surface area (Å²) in [5.41, 5.74) is 0.939. The second-order valence-corrected chi connectivity index (χ2v) is 5.46. The van der Waals surface area contributed by atoms with Crippen LogP contribution in [0.25, 0.3) is 0 Å². The molecule has 0 amide bonds. The number of nitrogens with one attached hydrogen (secondary N) is 1. The number of aromatic nitrogens is 4. The predicted molar refractivity (Wildman–Crippen MR) is 75.6 cm³/mol. The van der Waals surface area contributed by atoms with Gasteiger partial charge in [0.05, 0.1) is 5.92 Å². The van der Waals surface area contributed by atoms with Gasteiger partial charge in [0.25, 0.3) is 0 Å². The lowest BCUT2D eigenvalue weighted by atomic mass is 9.91. The summed E-state index contributed by atoms with van der Waals surface area (Å²) in [5.74, 6) is 0.545. The van der Waals surface area contributed by atoms with Crippen molar-refractivity contribution in [1.29, 1.82) is 0 Å². The molecule has 1 N–H and O–H groups in total. The van der Waals surface area contributed by atoms with Gasteiger partial charge < -0.3 is 4.90 Å². The van der Waals surface area contributed by atoms with Crippen molar-refractivity contribution >= 4 is 23.2 Å². The summed E-state index contributed by atoms with van der Waals surface area (Å²) in [6.07, 6.45) is 0. The van der Waals surface area contributed by atoms with Crippen molar-refractivity contribution in [3.05, 3.63) is 39.6 Å². The number of aromatic amines is 1. The third-order valence-electron chi connectivity index (χ3n) is 3.23. The van der Waals surface area contributed by atoms with Gasteiger partial charge in [-0.3, -0.25) is 0 Å². The molecule has 0 radical (unpaired) electrons. The molecule has 1 heterocycles. The van der Waals surface area contributed by atoms with E-state index in [9.17, 15) is 0 Å². The first kappa shape index (κ1) is 14.2. The zero-order valence-corrected chi connectivity index (χ0v) is 12.4. The normalized spacial score (nSPS) is 14.6. The van der Waals surface area contributed by atoms with Crippen LogP contribution in [0.1, 0.15) is 24.2 Å². The molecule has 2 rings (SSSR count). The Kier molecular flexibility index (Phi) is 4.39. The van der Waals surface area contributed by atoms with Gasteiger partial charge in [-0.2, -0.15) is 5.21 Å². The van der Waals surface area contributed by atoms with Crippen molar-refractivity contribution in [2.45, 2.75) is 18.9 Å². The molecule has 1 aromatic carbocycles. The van der Waals surface area contributed by atoms with Gasteiger partial charge in [0.1, 0.15) is 0 Å². The van der Waals surface area contributed by atoms with Gasteiger partial charge in [-0.1, -0.05) is 34.5 Å². The number of likely N-dealkylation sites (N-methyl/N-ethyl adjacent to an activating group) is 1. The maximum atomic E-state index is 6.30. The van der Waals surface area contributed by atoms with Gasteiger partial charge in [-0.25, -0.2) is 0 Å². The molecular weight excluding hydrogens is 285 g/mol. The highest BCUT2D eigenvalue weighted by Crippen LogP contribution is 2.33. The molecule has 0 bridgehead atoms. The largest absolute Gasteiger partial charge is 0.306 e. The van der Waals surface area contributed by atoms with Gasteiger partial charge in [0.2, 0.25) is 0 Å². The van der Waals surface area contributed by atoms with Crippen molar-refractivity contribution < 1.29 is 0 Å². The van der Waals surface area contributed by atoms with Crippen LogP contribution >= 0.6 is 23.2 Å². The Morgan fingerprint density at radius 1 is 1.26 bits per heavy atom. The minimum absolute atomic E-state index is 0.0708.